The molecule has 0 aromatic carbocycles. The number of methoxy groups -OCH3 is 1. The van der Waals surface area contributed by atoms with Gasteiger partial charge in [0.1, 0.15) is 10.7 Å². The smallest absolute Gasteiger partial charge is 0.265 e. The lowest BCUT2D eigenvalue weighted by Crippen LogP contribution is -2.47. The van der Waals surface area contributed by atoms with Crippen molar-refractivity contribution in [2.45, 2.75) is 31.9 Å². The molecule has 6 nitrogen and oxygen atoms in total. The molecule has 1 fully saturated rings. The third kappa shape index (κ3) is 2.98. The SMILES string of the molecule is CCN(C)c1nc(N)c(C(=O)NC2CC(OC)C2)s1. The lowest BCUT2D eigenvalue weighted by Gasteiger charge is -2.34. The molecule has 0 bridgehead atoms. The molecule has 1 amide bonds. The van der Waals surface area contributed by atoms with Crippen LogP contribution < -0.4 is 16.0 Å². The van der Waals surface area contributed by atoms with E-state index in [-0.39, 0.29) is 18.1 Å². The van der Waals surface area contributed by atoms with Gasteiger partial charge in [-0.1, -0.05) is 11.3 Å². The minimum Gasteiger partial charge on any atom is -0.382 e. The van der Waals surface area contributed by atoms with Gasteiger partial charge in [0.15, 0.2) is 5.13 Å². The molecule has 2 rings (SSSR count). The van der Waals surface area contributed by atoms with Gasteiger partial charge in [-0.3, -0.25) is 4.79 Å². The number of ether oxygens (including phenoxy) is 1. The summed E-state index contributed by atoms with van der Waals surface area (Å²) in [5.41, 5.74) is 5.81. The van der Waals surface area contributed by atoms with Crippen LogP contribution in [-0.2, 0) is 4.74 Å². The van der Waals surface area contributed by atoms with Crippen LogP contribution in [0.4, 0.5) is 10.9 Å². The van der Waals surface area contributed by atoms with E-state index in [2.05, 4.69) is 10.3 Å². The van der Waals surface area contributed by atoms with Crippen molar-refractivity contribution in [3.05, 3.63) is 4.88 Å². The monoisotopic (exact) mass is 284 g/mol. The number of hydrogen-bond donors (Lipinski definition) is 2. The number of carbonyl (C=O) groups excluding carboxylic acids is 1. The molecule has 0 radical (unpaired) electrons. The highest BCUT2D eigenvalue weighted by molar-refractivity contribution is 7.18. The maximum Gasteiger partial charge on any atom is 0.265 e. The van der Waals surface area contributed by atoms with E-state index in [1.54, 1.807) is 7.11 Å². The number of nitrogen functional groups attached to an aromatic ring is 1. The van der Waals surface area contributed by atoms with E-state index in [1.165, 1.54) is 11.3 Å². The van der Waals surface area contributed by atoms with E-state index >= 15 is 0 Å². The summed E-state index contributed by atoms with van der Waals surface area (Å²) >= 11 is 1.33. The van der Waals surface area contributed by atoms with Gasteiger partial charge < -0.3 is 20.7 Å². The van der Waals surface area contributed by atoms with Crippen LogP contribution in [0, 0.1) is 0 Å². The van der Waals surface area contributed by atoms with Gasteiger partial charge in [0, 0.05) is 26.7 Å². The average Bonchev–Trinajstić information content (AvgIpc) is 2.74. The summed E-state index contributed by atoms with van der Waals surface area (Å²) in [4.78, 5) is 18.8. The lowest BCUT2D eigenvalue weighted by molar-refractivity contribution is 0.0177. The Bertz CT molecular complexity index is 457. The van der Waals surface area contributed by atoms with Crippen LogP contribution in [0.2, 0.25) is 0 Å². The predicted molar refractivity (Wildman–Crippen MR) is 76.8 cm³/mol. The molecular formula is C12H20N4O2S. The highest BCUT2D eigenvalue weighted by Crippen LogP contribution is 2.28. The van der Waals surface area contributed by atoms with Crippen molar-refractivity contribution < 1.29 is 9.53 Å². The molecule has 106 valence electrons. The highest BCUT2D eigenvalue weighted by Gasteiger charge is 2.31. The van der Waals surface area contributed by atoms with Gasteiger partial charge in [-0.05, 0) is 19.8 Å². The predicted octanol–water partition coefficient (Wildman–Crippen LogP) is 1.09. The van der Waals surface area contributed by atoms with Crippen LogP contribution in [0.1, 0.15) is 29.4 Å². The van der Waals surface area contributed by atoms with Crippen molar-refractivity contribution >= 4 is 28.2 Å². The Morgan fingerprint density at radius 2 is 2.32 bits per heavy atom. The molecule has 1 aliphatic carbocycles. The Balaban J connectivity index is 1.97. The topological polar surface area (TPSA) is 80.5 Å². The number of anilines is 2. The summed E-state index contributed by atoms with van der Waals surface area (Å²) < 4.78 is 5.19. The van der Waals surface area contributed by atoms with Gasteiger partial charge in [0.25, 0.3) is 5.91 Å². The number of hydrogen-bond acceptors (Lipinski definition) is 6. The molecule has 0 atom stereocenters. The molecule has 7 heteroatoms. The molecule has 1 aliphatic rings. The number of nitrogens with zero attached hydrogens (tertiary/aromatic N) is 2. The quantitative estimate of drug-likeness (QED) is 0.846. The number of aromatic nitrogens is 1. The fourth-order valence-electron chi connectivity index (χ4n) is 1.91. The molecule has 3 N–H and O–H groups in total. The Kier molecular flexibility index (Phi) is 4.26. The number of nitrogens with one attached hydrogen (secondary N) is 1. The zero-order chi connectivity index (χ0) is 14.0. The van der Waals surface area contributed by atoms with Crippen molar-refractivity contribution in [1.29, 1.82) is 0 Å². The van der Waals surface area contributed by atoms with E-state index in [1.807, 2.05) is 18.9 Å². The molecule has 1 aromatic heterocycles. The number of nitrogens with two attached hydrogens (primary N) is 1. The first-order chi connectivity index (χ1) is 9.05. The molecule has 1 saturated carbocycles. The highest BCUT2D eigenvalue weighted by atomic mass is 32.1. The molecule has 0 unspecified atom stereocenters. The van der Waals surface area contributed by atoms with Crippen molar-refractivity contribution in [1.82, 2.24) is 10.3 Å². The van der Waals surface area contributed by atoms with Crippen LogP contribution in [0.5, 0.6) is 0 Å². The van der Waals surface area contributed by atoms with Crippen LogP contribution in [0.3, 0.4) is 0 Å². The molecule has 0 saturated heterocycles. The van der Waals surface area contributed by atoms with Crippen LogP contribution in [0.25, 0.3) is 0 Å². The average molecular weight is 284 g/mol. The van der Waals surface area contributed by atoms with E-state index in [9.17, 15) is 4.79 Å². The van der Waals surface area contributed by atoms with Gasteiger partial charge in [0.2, 0.25) is 0 Å². The number of thiazole rings is 1. The van der Waals surface area contributed by atoms with Crippen LogP contribution >= 0.6 is 11.3 Å². The number of carbonyl (C=O) groups is 1. The Morgan fingerprint density at radius 1 is 1.63 bits per heavy atom. The van der Waals surface area contributed by atoms with E-state index in [0.717, 1.165) is 24.5 Å². The minimum atomic E-state index is -0.134. The second-order valence-corrected chi connectivity index (χ2v) is 5.70. The van der Waals surface area contributed by atoms with Crippen molar-refractivity contribution in [2.75, 3.05) is 31.3 Å². The van der Waals surface area contributed by atoms with Crippen LogP contribution in [0.15, 0.2) is 0 Å². The number of amides is 1. The maximum absolute atomic E-state index is 12.1. The minimum absolute atomic E-state index is 0.134. The summed E-state index contributed by atoms with van der Waals surface area (Å²) in [6.45, 7) is 2.85. The van der Waals surface area contributed by atoms with E-state index in [0.29, 0.717) is 10.7 Å². The first kappa shape index (κ1) is 14.1. The lowest BCUT2D eigenvalue weighted by atomic mass is 9.89. The molecule has 1 aromatic rings. The van der Waals surface area contributed by atoms with Crippen molar-refractivity contribution in [3.63, 3.8) is 0 Å². The summed E-state index contributed by atoms with van der Waals surface area (Å²) in [7, 11) is 3.62. The third-order valence-corrected chi connectivity index (χ3v) is 4.60. The molecule has 0 aliphatic heterocycles. The summed E-state index contributed by atoms with van der Waals surface area (Å²) in [6.07, 6.45) is 2.00. The molecule has 1 heterocycles. The van der Waals surface area contributed by atoms with Gasteiger partial charge in [-0.2, -0.15) is 0 Å². The van der Waals surface area contributed by atoms with Gasteiger partial charge in [-0.25, -0.2) is 4.98 Å². The molecular weight excluding hydrogens is 264 g/mol. The maximum atomic E-state index is 12.1. The summed E-state index contributed by atoms with van der Waals surface area (Å²) in [6, 6.07) is 0.186. The normalized spacial score (nSPS) is 21.8. The van der Waals surface area contributed by atoms with E-state index in [4.69, 9.17) is 10.5 Å². The third-order valence-electron chi connectivity index (χ3n) is 3.41. The second-order valence-electron chi connectivity index (χ2n) is 4.72. The van der Waals surface area contributed by atoms with Crippen molar-refractivity contribution in [3.8, 4) is 0 Å². The second kappa shape index (κ2) is 5.75. The standard InChI is InChI=1S/C12H20N4O2S/c1-4-16(2)12-15-10(13)9(19-12)11(17)14-7-5-8(6-7)18-3/h7-8H,4-6,13H2,1-3H3,(H,14,17). The molecule has 0 spiro atoms. The van der Waals surface area contributed by atoms with Gasteiger partial charge in [-0.15, -0.1) is 0 Å². The first-order valence-corrected chi connectivity index (χ1v) is 7.17. The molecule has 19 heavy (non-hydrogen) atoms. The fourth-order valence-corrected chi connectivity index (χ4v) is 2.82. The largest absolute Gasteiger partial charge is 0.382 e. The Hall–Kier alpha value is -1.34. The Morgan fingerprint density at radius 3 is 2.89 bits per heavy atom. The fraction of sp³-hybridized carbons (Fsp3) is 0.667. The zero-order valence-electron chi connectivity index (χ0n) is 11.5. The van der Waals surface area contributed by atoms with Gasteiger partial charge >= 0.3 is 0 Å². The van der Waals surface area contributed by atoms with Crippen molar-refractivity contribution in [2.24, 2.45) is 0 Å². The van der Waals surface area contributed by atoms with Crippen LogP contribution in [-0.4, -0.2) is 43.7 Å². The van der Waals surface area contributed by atoms with Gasteiger partial charge in [0.05, 0.1) is 6.10 Å². The number of rotatable bonds is 5. The summed E-state index contributed by atoms with van der Waals surface area (Å²) in [5, 5.41) is 3.73. The summed E-state index contributed by atoms with van der Waals surface area (Å²) in [5.74, 6) is 0.172. The zero-order valence-corrected chi connectivity index (χ0v) is 12.3. The Labute approximate surface area is 116 Å². The first-order valence-electron chi connectivity index (χ1n) is 6.36. The van der Waals surface area contributed by atoms with E-state index < -0.39 is 0 Å².